The minimum absolute atomic E-state index is 0.0331. The van der Waals surface area contributed by atoms with Gasteiger partial charge in [0.05, 0.1) is 11.4 Å². The molecule has 0 radical (unpaired) electrons. The first kappa shape index (κ1) is 19.4. The van der Waals surface area contributed by atoms with Crippen molar-refractivity contribution in [2.45, 2.75) is 26.3 Å². The summed E-state index contributed by atoms with van der Waals surface area (Å²) in [7, 11) is 0. The number of nitrogens with one attached hydrogen (secondary N) is 1. The lowest BCUT2D eigenvalue weighted by molar-refractivity contribution is -0.124. The van der Waals surface area contributed by atoms with Crippen LogP contribution < -0.4 is 5.32 Å². The SMILES string of the molecule is CC[C@@H](C)NC(=O)COC(=O)c1cc(-c2ccccc2)nn1-c1ccccc1. The van der Waals surface area contributed by atoms with Crippen molar-refractivity contribution in [3.05, 3.63) is 72.4 Å². The monoisotopic (exact) mass is 377 g/mol. The average molecular weight is 377 g/mol. The maximum atomic E-state index is 12.7. The van der Waals surface area contributed by atoms with Gasteiger partial charge in [-0.05, 0) is 31.5 Å². The molecule has 28 heavy (non-hydrogen) atoms. The zero-order chi connectivity index (χ0) is 19.9. The first-order chi connectivity index (χ1) is 13.6. The van der Waals surface area contributed by atoms with Gasteiger partial charge in [0.15, 0.2) is 12.3 Å². The molecule has 0 saturated carbocycles. The number of aromatic nitrogens is 2. The topological polar surface area (TPSA) is 73.2 Å². The van der Waals surface area contributed by atoms with Gasteiger partial charge in [-0.2, -0.15) is 5.10 Å². The molecular weight excluding hydrogens is 354 g/mol. The van der Waals surface area contributed by atoms with Gasteiger partial charge in [0, 0.05) is 11.6 Å². The first-order valence-electron chi connectivity index (χ1n) is 9.26. The van der Waals surface area contributed by atoms with Gasteiger partial charge in [-0.15, -0.1) is 0 Å². The molecule has 6 heteroatoms. The summed E-state index contributed by atoms with van der Waals surface area (Å²) in [6.07, 6.45) is 0.806. The summed E-state index contributed by atoms with van der Waals surface area (Å²) in [5.74, 6) is -0.922. The summed E-state index contributed by atoms with van der Waals surface area (Å²) in [5, 5.41) is 7.35. The Bertz CT molecular complexity index is 936. The molecule has 3 aromatic rings. The highest BCUT2D eigenvalue weighted by atomic mass is 16.5. The zero-order valence-corrected chi connectivity index (χ0v) is 16.0. The number of benzene rings is 2. The van der Waals surface area contributed by atoms with Crippen LogP contribution in [0.5, 0.6) is 0 Å². The fourth-order valence-corrected chi connectivity index (χ4v) is 2.67. The summed E-state index contributed by atoms with van der Waals surface area (Å²) >= 11 is 0. The maximum Gasteiger partial charge on any atom is 0.357 e. The molecule has 0 unspecified atom stereocenters. The van der Waals surface area contributed by atoms with Crippen molar-refractivity contribution in [1.82, 2.24) is 15.1 Å². The maximum absolute atomic E-state index is 12.7. The molecule has 0 aliphatic heterocycles. The molecule has 6 nitrogen and oxygen atoms in total. The number of hydrogen-bond acceptors (Lipinski definition) is 4. The molecule has 0 aliphatic carbocycles. The van der Waals surface area contributed by atoms with Crippen LogP contribution in [-0.4, -0.2) is 34.3 Å². The van der Waals surface area contributed by atoms with E-state index in [1.165, 1.54) is 4.68 Å². The molecule has 0 saturated heterocycles. The van der Waals surface area contributed by atoms with Crippen molar-refractivity contribution in [2.75, 3.05) is 6.61 Å². The molecule has 144 valence electrons. The first-order valence-corrected chi connectivity index (χ1v) is 9.26. The summed E-state index contributed by atoms with van der Waals surface area (Å²) in [6, 6.07) is 20.6. The van der Waals surface area contributed by atoms with Gasteiger partial charge in [0.1, 0.15) is 0 Å². The second kappa shape index (κ2) is 8.99. The molecule has 1 heterocycles. The van der Waals surface area contributed by atoms with Crippen molar-refractivity contribution in [3.63, 3.8) is 0 Å². The largest absolute Gasteiger partial charge is 0.451 e. The Hall–Kier alpha value is -3.41. The van der Waals surface area contributed by atoms with Gasteiger partial charge >= 0.3 is 5.97 Å². The van der Waals surface area contributed by atoms with Crippen LogP contribution in [0.2, 0.25) is 0 Å². The van der Waals surface area contributed by atoms with Crippen LogP contribution in [-0.2, 0) is 9.53 Å². The zero-order valence-electron chi connectivity index (χ0n) is 16.0. The second-order valence-electron chi connectivity index (χ2n) is 6.48. The van der Waals surface area contributed by atoms with Crippen molar-refractivity contribution in [3.8, 4) is 16.9 Å². The van der Waals surface area contributed by atoms with Crippen LogP contribution in [0.15, 0.2) is 66.7 Å². The van der Waals surface area contributed by atoms with E-state index in [1.54, 1.807) is 6.07 Å². The van der Waals surface area contributed by atoms with Gasteiger partial charge in [-0.1, -0.05) is 55.5 Å². The van der Waals surface area contributed by atoms with E-state index in [4.69, 9.17) is 4.74 Å². The molecule has 0 fully saturated rings. The Kier molecular flexibility index (Phi) is 6.22. The van der Waals surface area contributed by atoms with Gasteiger partial charge in [-0.25, -0.2) is 9.48 Å². The lowest BCUT2D eigenvalue weighted by atomic mass is 10.1. The number of carbonyl (C=O) groups is 2. The van der Waals surface area contributed by atoms with Crippen LogP contribution in [0.4, 0.5) is 0 Å². The fourth-order valence-electron chi connectivity index (χ4n) is 2.67. The third-order valence-corrected chi connectivity index (χ3v) is 4.34. The van der Waals surface area contributed by atoms with Crippen molar-refractivity contribution < 1.29 is 14.3 Å². The van der Waals surface area contributed by atoms with E-state index in [0.717, 1.165) is 17.7 Å². The minimum Gasteiger partial charge on any atom is -0.451 e. The molecule has 3 rings (SSSR count). The summed E-state index contributed by atoms with van der Waals surface area (Å²) in [6.45, 7) is 3.54. The number of amides is 1. The fraction of sp³-hybridized carbons (Fsp3) is 0.227. The Labute approximate surface area is 164 Å². The lowest BCUT2D eigenvalue weighted by Gasteiger charge is -2.11. The molecule has 1 N–H and O–H groups in total. The average Bonchev–Trinajstić information content (AvgIpc) is 3.19. The highest BCUT2D eigenvalue weighted by molar-refractivity contribution is 5.91. The number of nitrogens with zero attached hydrogens (tertiary/aromatic N) is 2. The molecule has 0 bridgehead atoms. The normalized spacial score (nSPS) is 11.6. The van der Waals surface area contributed by atoms with Gasteiger partial charge < -0.3 is 10.1 Å². The summed E-state index contributed by atoms with van der Waals surface area (Å²) < 4.78 is 6.77. The third-order valence-electron chi connectivity index (χ3n) is 4.34. The standard InChI is InChI=1S/C22H23N3O3/c1-3-16(2)23-21(26)15-28-22(27)20-14-19(17-10-6-4-7-11-17)24-25(20)18-12-8-5-9-13-18/h4-14,16H,3,15H2,1-2H3,(H,23,26)/t16-/m1/s1. The van der Waals surface area contributed by atoms with Gasteiger partial charge in [0.2, 0.25) is 0 Å². The van der Waals surface area contributed by atoms with E-state index in [-0.39, 0.29) is 24.2 Å². The van der Waals surface area contributed by atoms with Crippen molar-refractivity contribution in [1.29, 1.82) is 0 Å². The van der Waals surface area contributed by atoms with Crippen LogP contribution >= 0.6 is 0 Å². The highest BCUT2D eigenvalue weighted by Crippen LogP contribution is 2.22. The number of rotatable bonds is 7. The van der Waals surface area contributed by atoms with Crippen LogP contribution in [0.3, 0.4) is 0 Å². The molecule has 1 amide bonds. The predicted octanol–water partition coefficient (Wildman–Crippen LogP) is 3.61. The Balaban J connectivity index is 1.85. The van der Waals surface area contributed by atoms with E-state index >= 15 is 0 Å². The number of ether oxygens (including phenoxy) is 1. The molecule has 0 aliphatic rings. The predicted molar refractivity (Wildman–Crippen MR) is 107 cm³/mol. The number of esters is 1. The molecule has 0 spiro atoms. The van der Waals surface area contributed by atoms with E-state index in [2.05, 4.69) is 10.4 Å². The van der Waals surface area contributed by atoms with Crippen LogP contribution in [0.1, 0.15) is 30.8 Å². The summed E-state index contributed by atoms with van der Waals surface area (Å²) in [5.41, 5.74) is 2.54. The smallest absolute Gasteiger partial charge is 0.357 e. The molecule has 1 aromatic heterocycles. The van der Waals surface area contributed by atoms with Crippen molar-refractivity contribution >= 4 is 11.9 Å². The van der Waals surface area contributed by atoms with Gasteiger partial charge in [0.25, 0.3) is 5.91 Å². The molecule has 1 atom stereocenters. The summed E-state index contributed by atoms with van der Waals surface area (Å²) in [4.78, 5) is 24.6. The lowest BCUT2D eigenvalue weighted by Crippen LogP contribution is -2.35. The van der Waals surface area contributed by atoms with E-state index < -0.39 is 5.97 Å². The van der Waals surface area contributed by atoms with E-state index in [9.17, 15) is 9.59 Å². The Morgan fingerprint density at radius 2 is 1.71 bits per heavy atom. The number of hydrogen-bond donors (Lipinski definition) is 1. The third kappa shape index (κ3) is 4.65. The Morgan fingerprint density at radius 3 is 2.36 bits per heavy atom. The van der Waals surface area contributed by atoms with E-state index in [1.807, 2.05) is 74.5 Å². The molecular formula is C22H23N3O3. The van der Waals surface area contributed by atoms with Crippen molar-refractivity contribution in [2.24, 2.45) is 0 Å². The Morgan fingerprint density at radius 1 is 1.07 bits per heavy atom. The second-order valence-corrected chi connectivity index (χ2v) is 6.48. The van der Waals surface area contributed by atoms with Crippen LogP contribution in [0, 0.1) is 0 Å². The highest BCUT2D eigenvalue weighted by Gasteiger charge is 2.20. The van der Waals surface area contributed by atoms with Gasteiger partial charge in [-0.3, -0.25) is 4.79 Å². The minimum atomic E-state index is -0.599. The quantitative estimate of drug-likeness (QED) is 0.639. The number of para-hydroxylation sites is 1. The number of carbonyl (C=O) groups excluding carboxylic acids is 2. The van der Waals surface area contributed by atoms with E-state index in [0.29, 0.717) is 5.69 Å². The molecule has 2 aromatic carbocycles. The van der Waals surface area contributed by atoms with Crippen LogP contribution in [0.25, 0.3) is 16.9 Å².